The van der Waals surface area contributed by atoms with Crippen molar-refractivity contribution in [3.05, 3.63) is 0 Å². The van der Waals surface area contributed by atoms with E-state index < -0.39 is 0 Å². The maximum Gasteiger partial charge on any atom is 0.237 e. The van der Waals surface area contributed by atoms with Gasteiger partial charge in [0.25, 0.3) is 0 Å². The van der Waals surface area contributed by atoms with Gasteiger partial charge in [-0.25, -0.2) is 0 Å². The average molecular weight is 236 g/mol. The summed E-state index contributed by atoms with van der Waals surface area (Å²) in [5.74, 6) is 0.530. The molecule has 1 amide bonds. The standard InChI is InChI=1S/C13H20N2O2/c1-8(13(17)14-9-2-3-9)15-10-4-5-11(15)7-12(16)6-10/h8-11H,2-7H2,1H3,(H,14,17). The summed E-state index contributed by atoms with van der Waals surface area (Å²) in [6.07, 6.45) is 5.72. The lowest BCUT2D eigenvalue weighted by Crippen LogP contribution is -2.53. The van der Waals surface area contributed by atoms with Gasteiger partial charge in [0.2, 0.25) is 5.91 Å². The highest BCUT2D eigenvalue weighted by Gasteiger charge is 2.44. The van der Waals surface area contributed by atoms with E-state index in [4.69, 9.17) is 0 Å². The molecule has 0 spiro atoms. The van der Waals surface area contributed by atoms with Gasteiger partial charge in [0.15, 0.2) is 0 Å². The minimum atomic E-state index is -0.0683. The van der Waals surface area contributed by atoms with Crippen molar-refractivity contribution in [2.24, 2.45) is 0 Å². The molecule has 3 aliphatic rings. The summed E-state index contributed by atoms with van der Waals surface area (Å²) in [7, 11) is 0. The number of ketones is 1. The first-order valence-electron chi connectivity index (χ1n) is 6.74. The molecule has 3 atom stereocenters. The molecule has 2 aliphatic heterocycles. The molecule has 1 N–H and O–H groups in total. The van der Waals surface area contributed by atoms with Crippen molar-refractivity contribution in [3.8, 4) is 0 Å². The molecule has 3 unspecified atom stereocenters. The fourth-order valence-electron chi connectivity index (χ4n) is 3.32. The Morgan fingerprint density at radius 2 is 1.82 bits per heavy atom. The Kier molecular flexibility index (Phi) is 2.69. The largest absolute Gasteiger partial charge is 0.352 e. The van der Waals surface area contributed by atoms with Crippen LogP contribution in [-0.2, 0) is 9.59 Å². The lowest BCUT2D eigenvalue weighted by Gasteiger charge is -2.37. The second kappa shape index (κ2) is 4.09. The molecule has 17 heavy (non-hydrogen) atoms. The van der Waals surface area contributed by atoms with E-state index in [0.29, 0.717) is 36.8 Å². The molecule has 3 fully saturated rings. The van der Waals surface area contributed by atoms with Gasteiger partial charge >= 0.3 is 0 Å². The van der Waals surface area contributed by atoms with Crippen molar-refractivity contribution in [1.29, 1.82) is 0 Å². The Labute approximate surface area is 102 Å². The average Bonchev–Trinajstić information content (AvgIpc) is 3.04. The molecule has 4 nitrogen and oxygen atoms in total. The van der Waals surface area contributed by atoms with Crippen LogP contribution in [0.15, 0.2) is 0 Å². The SMILES string of the molecule is CC(C(=O)NC1CC1)N1C2CCC1CC(=O)C2. The van der Waals surface area contributed by atoms with Gasteiger partial charge < -0.3 is 5.32 Å². The zero-order valence-electron chi connectivity index (χ0n) is 10.3. The van der Waals surface area contributed by atoms with Crippen molar-refractivity contribution in [2.75, 3.05) is 0 Å². The van der Waals surface area contributed by atoms with E-state index in [1.54, 1.807) is 0 Å². The number of hydrogen-bond acceptors (Lipinski definition) is 3. The van der Waals surface area contributed by atoms with Gasteiger partial charge in [0.1, 0.15) is 5.78 Å². The number of piperidine rings is 1. The Hall–Kier alpha value is -0.900. The van der Waals surface area contributed by atoms with Crippen LogP contribution in [0, 0.1) is 0 Å². The number of carbonyl (C=O) groups is 2. The summed E-state index contributed by atoms with van der Waals surface area (Å²) >= 11 is 0. The highest BCUT2D eigenvalue weighted by molar-refractivity contribution is 5.84. The molecule has 0 aromatic rings. The van der Waals surface area contributed by atoms with Crippen LogP contribution in [0.25, 0.3) is 0 Å². The van der Waals surface area contributed by atoms with Crippen LogP contribution in [0.2, 0.25) is 0 Å². The van der Waals surface area contributed by atoms with Crippen LogP contribution >= 0.6 is 0 Å². The number of hydrogen-bond donors (Lipinski definition) is 1. The van der Waals surface area contributed by atoms with E-state index in [1.807, 2.05) is 6.92 Å². The number of nitrogens with one attached hydrogen (secondary N) is 1. The first-order valence-corrected chi connectivity index (χ1v) is 6.74. The zero-order valence-corrected chi connectivity index (χ0v) is 10.3. The molecule has 1 aliphatic carbocycles. The molecule has 0 aromatic heterocycles. The van der Waals surface area contributed by atoms with E-state index in [-0.39, 0.29) is 11.9 Å². The van der Waals surface area contributed by atoms with Gasteiger partial charge in [-0.15, -0.1) is 0 Å². The van der Waals surface area contributed by atoms with E-state index in [9.17, 15) is 9.59 Å². The molecule has 3 rings (SSSR count). The summed E-state index contributed by atoms with van der Waals surface area (Å²) in [5.41, 5.74) is 0. The monoisotopic (exact) mass is 236 g/mol. The Morgan fingerprint density at radius 3 is 2.35 bits per heavy atom. The number of fused-ring (bicyclic) bond motifs is 2. The van der Waals surface area contributed by atoms with E-state index in [1.165, 1.54) is 0 Å². The van der Waals surface area contributed by atoms with Gasteiger partial charge in [-0.1, -0.05) is 0 Å². The Balaban J connectivity index is 1.66. The van der Waals surface area contributed by atoms with Crippen molar-refractivity contribution >= 4 is 11.7 Å². The molecule has 1 saturated carbocycles. The van der Waals surface area contributed by atoms with Gasteiger partial charge in [0.05, 0.1) is 6.04 Å². The predicted molar refractivity (Wildman–Crippen MR) is 63.5 cm³/mol. The highest BCUT2D eigenvalue weighted by Crippen LogP contribution is 2.35. The predicted octanol–water partition coefficient (Wildman–Crippen LogP) is 0.849. The third kappa shape index (κ3) is 2.10. The summed E-state index contributed by atoms with van der Waals surface area (Å²) in [6, 6.07) is 0.998. The van der Waals surface area contributed by atoms with Crippen LogP contribution in [0.3, 0.4) is 0 Å². The normalized spacial score (nSPS) is 34.8. The molecule has 2 heterocycles. The van der Waals surface area contributed by atoms with Gasteiger partial charge in [-0.05, 0) is 32.6 Å². The van der Waals surface area contributed by atoms with E-state index in [0.717, 1.165) is 25.7 Å². The quantitative estimate of drug-likeness (QED) is 0.790. The maximum atomic E-state index is 12.1. The van der Waals surface area contributed by atoms with Crippen molar-refractivity contribution in [3.63, 3.8) is 0 Å². The number of rotatable bonds is 3. The first-order chi connectivity index (χ1) is 8.15. The summed E-state index contributed by atoms with van der Waals surface area (Å²) < 4.78 is 0. The molecular formula is C13H20N2O2. The van der Waals surface area contributed by atoms with Gasteiger partial charge in [0, 0.05) is 31.0 Å². The smallest absolute Gasteiger partial charge is 0.237 e. The minimum absolute atomic E-state index is 0.0683. The van der Waals surface area contributed by atoms with E-state index >= 15 is 0 Å². The van der Waals surface area contributed by atoms with E-state index in [2.05, 4.69) is 10.2 Å². The number of nitrogens with zero attached hydrogens (tertiary/aromatic N) is 1. The fourth-order valence-corrected chi connectivity index (χ4v) is 3.32. The fraction of sp³-hybridized carbons (Fsp3) is 0.846. The molecule has 0 aromatic carbocycles. The van der Waals surface area contributed by atoms with Crippen LogP contribution in [-0.4, -0.2) is 40.8 Å². The molecule has 94 valence electrons. The second-order valence-corrected chi connectivity index (χ2v) is 5.74. The number of amides is 1. The van der Waals surface area contributed by atoms with Crippen LogP contribution in [0.4, 0.5) is 0 Å². The maximum absolute atomic E-state index is 12.1. The third-order valence-electron chi connectivity index (χ3n) is 4.35. The van der Waals surface area contributed by atoms with Crippen LogP contribution < -0.4 is 5.32 Å². The summed E-state index contributed by atoms with van der Waals surface area (Å²) in [5, 5.41) is 3.07. The van der Waals surface area contributed by atoms with Crippen LogP contribution in [0.1, 0.15) is 45.4 Å². The molecule has 0 radical (unpaired) electrons. The second-order valence-electron chi connectivity index (χ2n) is 5.74. The Morgan fingerprint density at radius 1 is 1.24 bits per heavy atom. The summed E-state index contributed by atoms with van der Waals surface area (Å²) in [6.45, 7) is 1.98. The zero-order chi connectivity index (χ0) is 12.0. The van der Waals surface area contributed by atoms with Crippen LogP contribution in [0.5, 0.6) is 0 Å². The first kappa shape index (κ1) is 11.2. The molecule has 4 heteroatoms. The molecule has 2 bridgehead atoms. The minimum Gasteiger partial charge on any atom is -0.352 e. The van der Waals surface area contributed by atoms with Gasteiger partial charge in [-0.3, -0.25) is 14.5 Å². The Bertz CT molecular complexity index is 335. The van der Waals surface area contributed by atoms with Crippen molar-refractivity contribution < 1.29 is 9.59 Å². The molecule has 2 saturated heterocycles. The van der Waals surface area contributed by atoms with Gasteiger partial charge in [-0.2, -0.15) is 0 Å². The number of Topliss-reactive ketones (excluding diaryl/α,β-unsaturated/α-hetero) is 1. The number of carbonyl (C=O) groups excluding carboxylic acids is 2. The highest BCUT2D eigenvalue weighted by atomic mass is 16.2. The lowest BCUT2D eigenvalue weighted by atomic mass is 9.99. The topological polar surface area (TPSA) is 49.4 Å². The van der Waals surface area contributed by atoms with Crippen molar-refractivity contribution in [2.45, 2.75) is 69.6 Å². The third-order valence-corrected chi connectivity index (χ3v) is 4.35. The lowest BCUT2D eigenvalue weighted by molar-refractivity contribution is -0.132. The summed E-state index contributed by atoms with van der Waals surface area (Å²) in [4.78, 5) is 25.9. The molecular weight excluding hydrogens is 216 g/mol. The van der Waals surface area contributed by atoms with Crippen molar-refractivity contribution in [1.82, 2.24) is 10.2 Å².